The molecular formula is C16H19NO3S2. The molecule has 2 aromatic rings. The average Bonchev–Trinajstić information content (AvgIpc) is 2.96. The van der Waals surface area contributed by atoms with E-state index >= 15 is 0 Å². The van der Waals surface area contributed by atoms with Crippen molar-refractivity contribution in [3.8, 4) is 0 Å². The van der Waals surface area contributed by atoms with E-state index in [-0.39, 0.29) is 17.9 Å². The lowest BCUT2D eigenvalue weighted by Gasteiger charge is -2.33. The highest BCUT2D eigenvalue weighted by atomic mass is 32.2. The molecule has 4 nitrogen and oxygen atoms in total. The van der Waals surface area contributed by atoms with Gasteiger partial charge in [0.05, 0.1) is 6.61 Å². The molecule has 0 saturated carbocycles. The molecular weight excluding hydrogens is 318 g/mol. The summed E-state index contributed by atoms with van der Waals surface area (Å²) in [4.78, 5) is 14.2. The standard InChI is InChI=1S/C16H19NO3S2/c18-7-10-21-9-6-17-15(19)5-8-22-16(17)14-11-12-3-1-2-4-13(12)20-14/h1-4,11,16,18H,5-10H2. The number of thioether (sulfide) groups is 2. The van der Waals surface area contributed by atoms with Gasteiger partial charge in [0.15, 0.2) is 0 Å². The van der Waals surface area contributed by atoms with Crippen LogP contribution in [0.5, 0.6) is 0 Å². The van der Waals surface area contributed by atoms with Crippen molar-refractivity contribution >= 4 is 40.4 Å². The van der Waals surface area contributed by atoms with Gasteiger partial charge in [-0.1, -0.05) is 18.2 Å². The predicted molar refractivity (Wildman–Crippen MR) is 92.2 cm³/mol. The zero-order valence-electron chi connectivity index (χ0n) is 12.2. The fraction of sp³-hybridized carbons (Fsp3) is 0.438. The number of carbonyl (C=O) groups is 1. The van der Waals surface area contributed by atoms with E-state index in [0.29, 0.717) is 18.7 Å². The molecule has 1 amide bonds. The highest BCUT2D eigenvalue weighted by Gasteiger charge is 2.31. The van der Waals surface area contributed by atoms with Gasteiger partial charge in [-0.3, -0.25) is 4.79 Å². The summed E-state index contributed by atoms with van der Waals surface area (Å²) in [5, 5.41) is 9.88. The number of furan rings is 1. The molecule has 1 N–H and O–H groups in total. The van der Waals surface area contributed by atoms with Crippen LogP contribution in [-0.2, 0) is 4.79 Å². The number of aliphatic hydroxyl groups excluding tert-OH is 1. The average molecular weight is 337 g/mol. The van der Waals surface area contributed by atoms with E-state index in [0.717, 1.165) is 28.2 Å². The quantitative estimate of drug-likeness (QED) is 0.821. The first kappa shape index (κ1) is 15.8. The van der Waals surface area contributed by atoms with Gasteiger partial charge in [-0.15, -0.1) is 11.8 Å². The number of hydrogen-bond donors (Lipinski definition) is 1. The Morgan fingerprint density at radius 1 is 1.36 bits per heavy atom. The monoisotopic (exact) mass is 337 g/mol. The second-order valence-corrected chi connectivity index (χ2v) is 7.50. The van der Waals surface area contributed by atoms with Gasteiger partial charge in [-0.05, 0) is 12.1 Å². The Morgan fingerprint density at radius 2 is 2.23 bits per heavy atom. The topological polar surface area (TPSA) is 53.7 Å². The van der Waals surface area contributed by atoms with E-state index in [9.17, 15) is 4.79 Å². The minimum atomic E-state index is -0.0385. The van der Waals surface area contributed by atoms with Crippen LogP contribution in [0.3, 0.4) is 0 Å². The van der Waals surface area contributed by atoms with Crippen molar-refractivity contribution in [1.82, 2.24) is 4.90 Å². The predicted octanol–water partition coefficient (Wildman–Crippen LogP) is 3.12. The lowest BCUT2D eigenvalue weighted by Crippen LogP contribution is -2.38. The third-order valence-electron chi connectivity index (χ3n) is 3.60. The van der Waals surface area contributed by atoms with Crippen LogP contribution in [0.15, 0.2) is 34.7 Å². The molecule has 118 valence electrons. The number of para-hydroxylation sites is 1. The first-order chi connectivity index (χ1) is 10.8. The van der Waals surface area contributed by atoms with Crippen molar-refractivity contribution in [1.29, 1.82) is 0 Å². The van der Waals surface area contributed by atoms with Gasteiger partial charge >= 0.3 is 0 Å². The Hall–Kier alpha value is -1.11. The zero-order chi connectivity index (χ0) is 15.4. The minimum absolute atomic E-state index is 0.0385. The summed E-state index contributed by atoms with van der Waals surface area (Å²) in [6.07, 6.45) is 0.589. The molecule has 1 aromatic heterocycles. The summed E-state index contributed by atoms with van der Waals surface area (Å²) in [6.45, 7) is 0.874. The number of benzene rings is 1. The van der Waals surface area contributed by atoms with Gasteiger partial charge in [-0.2, -0.15) is 11.8 Å². The zero-order valence-corrected chi connectivity index (χ0v) is 13.9. The SMILES string of the molecule is O=C1CCSC(c2cc3ccccc3o2)N1CCSCCO. The van der Waals surface area contributed by atoms with Crippen molar-refractivity contribution in [2.45, 2.75) is 11.8 Å². The molecule has 0 bridgehead atoms. The number of carbonyl (C=O) groups excluding carboxylic acids is 1. The second-order valence-electron chi connectivity index (χ2n) is 5.08. The molecule has 1 saturated heterocycles. The van der Waals surface area contributed by atoms with Gasteiger partial charge < -0.3 is 14.4 Å². The Balaban J connectivity index is 1.77. The molecule has 1 aromatic carbocycles. The molecule has 1 fully saturated rings. The minimum Gasteiger partial charge on any atom is -0.458 e. The molecule has 0 radical (unpaired) electrons. The van der Waals surface area contributed by atoms with Crippen LogP contribution >= 0.6 is 23.5 Å². The first-order valence-corrected chi connectivity index (χ1v) is 9.58. The van der Waals surface area contributed by atoms with E-state index < -0.39 is 0 Å². The summed E-state index contributed by atoms with van der Waals surface area (Å²) in [5.74, 6) is 3.43. The number of aliphatic hydroxyl groups is 1. The van der Waals surface area contributed by atoms with Crippen molar-refractivity contribution in [2.75, 3.05) is 30.4 Å². The van der Waals surface area contributed by atoms with Crippen molar-refractivity contribution in [3.05, 3.63) is 36.1 Å². The third-order valence-corrected chi connectivity index (χ3v) is 5.78. The van der Waals surface area contributed by atoms with Crippen LogP contribution in [0, 0.1) is 0 Å². The Labute approximate surface area is 138 Å². The highest BCUT2D eigenvalue weighted by Crippen LogP contribution is 2.39. The molecule has 1 unspecified atom stereocenters. The Kier molecular flexibility index (Phi) is 5.33. The maximum atomic E-state index is 12.3. The van der Waals surface area contributed by atoms with Crippen LogP contribution in [0.4, 0.5) is 0 Å². The van der Waals surface area contributed by atoms with Gasteiger partial charge in [0.25, 0.3) is 0 Å². The van der Waals surface area contributed by atoms with Gasteiger partial charge in [0, 0.05) is 35.6 Å². The summed E-state index contributed by atoms with van der Waals surface area (Å²) < 4.78 is 5.95. The molecule has 1 aliphatic heterocycles. The Morgan fingerprint density at radius 3 is 3.05 bits per heavy atom. The number of hydrogen-bond acceptors (Lipinski definition) is 5. The van der Waals surface area contributed by atoms with Gasteiger partial charge in [0.2, 0.25) is 5.91 Å². The summed E-state index contributed by atoms with van der Waals surface area (Å²) in [6, 6.07) is 9.97. The number of amides is 1. The van der Waals surface area contributed by atoms with E-state index in [2.05, 4.69) is 0 Å². The van der Waals surface area contributed by atoms with Crippen LogP contribution in [-0.4, -0.2) is 46.3 Å². The third kappa shape index (κ3) is 3.45. The molecule has 2 heterocycles. The van der Waals surface area contributed by atoms with E-state index in [1.54, 1.807) is 23.5 Å². The summed E-state index contributed by atoms with van der Waals surface area (Å²) in [5.41, 5.74) is 0.866. The molecule has 22 heavy (non-hydrogen) atoms. The summed E-state index contributed by atoms with van der Waals surface area (Å²) >= 11 is 3.43. The van der Waals surface area contributed by atoms with E-state index in [1.165, 1.54) is 0 Å². The van der Waals surface area contributed by atoms with E-state index in [1.807, 2.05) is 35.2 Å². The molecule has 0 aliphatic carbocycles. The van der Waals surface area contributed by atoms with Crippen molar-refractivity contribution in [3.63, 3.8) is 0 Å². The number of nitrogens with zero attached hydrogens (tertiary/aromatic N) is 1. The van der Waals surface area contributed by atoms with Gasteiger partial charge in [-0.25, -0.2) is 0 Å². The van der Waals surface area contributed by atoms with E-state index in [4.69, 9.17) is 9.52 Å². The van der Waals surface area contributed by atoms with Crippen LogP contribution < -0.4 is 0 Å². The molecule has 1 aliphatic rings. The maximum Gasteiger partial charge on any atom is 0.224 e. The number of rotatable bonds is 6. The molecule has 6 heteroatoms. The van der Waals surface area contributed by atoms with Crippen LogP contribution in [0.1, 0.15) is 17.6 Å². The van der Waals surface area contributed by atoms with Crippen molar-refractivity contribution < 1.29 is 14.3 Å². The fourth-order valence-electron chi connectivity index (χ4n) is 2.55. The molecule has 1 atom stereocenters. The molecule has 3 rings (SSSR count). The number of fused-ring (bicyclic) bond motifs is 1. The lowest BCUT2D eigenvalue weighted by molar-refractivity contribution is -0.132. The highest BCUT2D eigenvalue weighted by molar-refractivity contribution is 7.99. The second kappa shape index (κ2) is 7.44. The fourth-order valence-corrected chi connectivity index (χ4v) is 4.41. The normalized spacial score (nSPS) is 19.0. The summed E-state index contributed by atoms with van der Waals surface area (Å²) in [7, 11) is 0. The Bertz CT molecular complexity index is 610. The largest absolute Gasteiger partial charge is 0.458 e. The maximum absolute atomic E-state index is 12.3. The van der Waals surface area contributed by atoms with Crippen LogP contribution in [0.25, 0.3) is 11.0 Å². The van der Waals surface area contributed by atoms with Crippen LogP contribution in [0.2, 0.25) is 0 Å². The van der Waals surface area contributed by atoms with Crippen molar-refractivity contribution in [2.24, 2.45) is 0 Å². The smallest absolute Gasteiger partial charge is 0.224 e. The van der Waals surface area contributed by atoms with Gasteiger partial charge in [0.1, 0.15) is 16.7 Å². The molecule has 0 spiro atoms. The lowest BCUT2D eigenvalue weighted by atomic mass is 10.2. The first-order valence-electron chi connectivity index (χ1n) is 7.38.